The highest BCUT2D eigenvalue weighted by Crippen LogP contribution is 2.17. The summed E-state index contributed by atoms with van der Waals surface area (Å²) < 4.78 is 12.4. The van der Waals surface area contributed by atoms with Crippen LogP contribution in [0.3, 0.4) is 0 Å². The number of para-hydroxylation sites is 1. The van der Waals surface area contributed by atoms with E-state index in [2.05, 4.69) is 10.1 Å². The molecule has 23 heavy (non-hydrogen) atoms. The van der Waals surface area contributed by atoms with Crippen molar-refractivity contribution in [3.8, 4) is 0 Å². The Balaban J connectivity index is 2.08. The molecule has 0 unspecified atom stereocenters. The van der Waals surface area contributed by atoms with E-state index in [-0.39, 0.29) is 18.3 Å². The zero-order valence-corrected chi connectivity index (χ0v) is 13.1. The van der Waals surface area contributed by atoms with Gasteiger partial charge < -0.3 is 13.8 Å². The first-order valence-electron chi connectivity index (χ1n) is 6.92. The summed E-state index contributed by atoms with van der Waals surface area (Å²) in [6.45, 7) is 2.03. The van der Waals surface area contributed by atoms with Gasteiger partial charge in [-0.15, -0.1) is 0 Å². The van der Waals surface area contributed by atoms with Crippen LogP contribution in [0.2, 0.25) is 0 Å². The monoisotopic (exact) mass is 331 g/mol. The molecular weight excluding hydrogens is 318 g/mol. The maximum atomic E-state index is 12.1. The minimum Gasteiger partial charge on any atom is -0.465 e. The third-order valence-electron chi connectivity index (χ3n) is 3.03. The van der Waals surface area contributed by atoms with Gasteiger partial charge >= 0.3 is 11.9 Å². The summed E-state index contributed by atoms with van der Waals surface area (Å²) in [7, 11) is 0. The Hall–Kier alpha value is -2.74. The molecule has 2 heterocycles. The number of fused-ring (bicyclic) bond motifs is 1. The molecule has 0 aliphatic heterocycles. The van der Waals surface area contributed by atoms with Crippen molar-refractivity contribution in [3.05, 3.63) is 47.1 Å². The van der Waals surface area contributed by atoms with E-state index >= 15 is 0 Å². The largest absolute Gasteiger partial charge is 0.465 e. The van der Waals surface area contributed by atoms with E-state index in [0.717, 1.165) is 10.2 Å². The molecule has 7 nitrogen and oxygen atoms in total. The van der Waals surface area contributed by atoms with Crippen LogP contribution in [0.15, 0.2) is 46.0 Å². The molecule has 3 aromatic rings. The zero-order chi connectivity index (χ0) is 16.2. The molecule has 118 valence electrons. The molecule has 8 heteroatoms. The predicted octanol–water partition coefficient (Wildman–Crippen LogP) is 1.99. The molecule has 0 N–H and O–H groups in total. The summed E-state index contributed by atoms with van der Waals surface area (Å²) in [6, 6.07) is 8.95. The molecule has 1 aromatic carbocycles. The van der Waals surface area contributed by atoms with Gasteiger partial charge in [0.05, 0.1) is 23.0 Å². The number of hydrogen-bond acceptors (Lipinski definition) is 6. The quantitative estimate of drug-likeness (QED) is 0.682. The molecule has 3 rings (SSSR count). The summed E-state index contributed by atoms with van der Waals surface area (Å²) in [5.41, 5.74) is 0.815. The van der Waals surface area contributed by atoms with E-state index in [1.165, 1.54) is 23.6 Å². The lowest BCUT2D eigenvalue weighted by molar-refractivity contribution is -0.143. The van der Waals surface area contributed by atoms with Gasteiger partial charge in [-0.05, 0) is 19.1 Å². The molecule has 0 atom stereocenters. The van der Waals surface area contributed by atoms with Gasteiger partial charge in [-0.2, -0.15) is 4.99 Å². The van der Waals surface area contributed by atoms with E-state index in [1.807, 2.05) is 24.3 Å². The highest BCUT2D eigenvalue weighted by atomic mass is 32.1. The first-order valence-corrected chi connectivity index (χ1v) is 7.74. The van der Waals surface area contributed by atoms with Gasteiger partial charge in [0.2, 0.25) is 5.76 Å². The Morgan fingerprint density at radius 1 is 1.35 bits per heavy atom. The SMILES string of the molecule is CCOC(=O)Cn1c(=NC(=O)c2ccno2)sc2ccccc21. The summed E-state index contributed by atoms with van der Waals surface area (Å²) in [6.07, 6.45) is 1.38. The summed E-state index contributed by atoms with van der Waals surface area (Å²) in [5.74, 6) is -0.888. The Morgan fingerprint density at radius 2 is 2.17 bits per heavy atom. The van der Waals surface area contributed by atoms with E-state index in [9.17, 15) is 9.59 Å². The molecule has 0 spiro atoms. The van der Waals surface area contributed by atoms with Crippen LogP contribution >= 0.6 is 11.3 Å². The zero-order valence-electron chi connectivity index (χ0n) is 12.3. The molecule has 1 amide bonds. The second-order valence-electron chi connectivity index (χ2n) is 4.54. The molecule has 0 fully saturated rings. The highest BCUT2D eigenvalue weighted by molar-refractivity contribution is 7.16. The van der Waals surface area contributed by atoms with Crippen LogP contribution in [0, 0.1) is 0 Å². The average molecular weight is 331 g/mol. The van der Waals surface area contributed by atoms with Crippen molar-refractivity contribution in [2.75, 3.05) is 6.61 Å². The Kier molecular flexibility index (Phi) is 4.33. The van der Waals surface area contributed by atoms with Crippen molar-refractivity contribution in [2.24, 2.45) is 4.99 Å². The number of nitrogens with zero attached hydrogens (tertiary/aromatic N) is 3. The summed E-state index contributed by atoms with van der Waals surface area (Å²) in [5, 5.41) is 3.49. The van der Waals surface area contributed by atoms with Crippen LogP contribution in [-0.2, 0) is 16.1 Å². The van der Waals surface area contributed by atoms with Crippen molar-refractivity contribution in [1.29, 1.82) is 0 Å². The van der Waals surface area contributed by atoms with Crippen molar-refractivity contribution in [3.63, 3.8) is 0 Å². The first kappa shape index (κ1) is 15.2. The number of esters is 1. The van der Waals surface area contributed by atoms with Gasteiger partial charge in [-0.3, -0.25) is 9.59 Å². The van der Waals surface area contributed by atoms with Gasteiger partial charge in [0.25, 0.3) is 0 Å². The predicted molar refractivity (Wildman–Crippen MR) is 82.8 cm³/mol. The van der Waals surface area contributed by atoms with E-state index < -0.39 is 5.91 Å². The summed E-state index contributed by atoms with van der Waals surface area (Å²) >= 11 is 1.32. The van der Waals surface area contributed by atoms with Gasteiger partial charge in [0.1, 0.15) is 6.54 Å². The highest BCUT2D eigenvalue weighted by Gasteiger charge is 2.13. The van der Waals surface area contributed by atoms with E-state index in [1.54, 1.807) is 11.5 Å². The lowest BCUT2D eigenvalue weighted by atomic mass is 10.3. The van der Waals surface area contributed by atoms with Gasteiger partial charge in [-0.25, -0.2) is 0 Å². The van der Waals surface area contributed by atoms with Gasteiger partial charge in [0, 0.05) is 6.07 Å². The second-order valence-corrected chi connectivity index (χ2v) is 5.55. The lowest BCUT2D eigenvalue weighted by Crippen LogP contribution is -2.23. The fourth-order valence-corrected chi connectivity index (χ4v) is 3.09. The number of hydrogen-bond donors (Lipinski definition) is 0. The number of carbonyl (C=O) groups excluding carboxylic acids is 2. The normalized spacial score (nSPS) is 11.8. The lowest BCUT2D eigenvalue weighted by Gasteiger charge is -2.04. The molecule has 0 aliphatic rings. The molecule has 0 bridgehead atoms. The summed E-state index contributed by atoms with van der Waals surface area (Å²) in [4.78, 5) is 28.4. The Labute approximate surface area is 134 Å². The number of ether oxygens (including phenoxy) is 1. The minimum absolute atomic E-state index is 0.0135. The topological polar surface area (TPSA) is 86.7 Å². The van der Waals surface area contributed by atoms with Gasteiger partial charge in [0.15, 0.2) is 4.80 Å². The van der Waals surface area contributed by atoms with Crippen molar-refractivity contribution in [2.45, 2.75) is 13.5 Å². The Morgan fingerprint density at radius 3 is 2.91 bits per heavy atom. The maximum Gasteiger partial charge on any atom is 0.326 e. The number of thiazole rings is 1. The van der Waals surface area contributed by atoms with Crippen LogP contribution in [0.25, 0.3) is 10.2 Å². The van der Waals surface area contributed by atoms with E-state index in [0.29, 0.717) is 11.4 Å². The standard InChI is InChI=1S/C15H13N3O4S/c1-2-21-13(19)9-18-10-5-3-4-6-12(10)23-15(18)17-14(20)11-7-8-16-22-11/h3-8H,2,9H2,1H3. The van der Waals surface area contributed by atoms with Crippen molar-refractivity contribution >= 4 is 33.4 Å². The van der Waals surface area contributed by atoms with Crippen LogP contribution < -0.4 is 4.80 Å². The van der Waals surface area contributed by atoms with Crippen LogP contribution in [0.1, 0.15) is 17.5 Å². The van der Waals surface area contributed by atoms with Crippen molar-refractivity contribution < 1.29 is 18.8 Å². The second kappa shape index (κ2) is 6.57. The minimum atomic E-state index is -0.549. The fraction of sp³-hybridized carbons (Fsp3) is 0.200. The fourth-order valence-electron chi connectivity index (χ4n) is 2.06. The molecule has 2 aromatic heterocycles. The maximum absolute atomic E-state index is 12.1. The van der Waals surface area contributed by atoms with Crippen molar-refractivity contribution in [1.82, 2.24) is 9.72 Å². The van der Waals surface area contributed by atoms with Crippen LogP contribution in [0.4, 0.5) is 0 Å². The third kappa shape index (κ3) is 3.21. The number of amides is 1. The number of benzene rings is 1. The Bertz CT molecular complexity index is 908. The first-order chi connectivity index (χ1) is 11.2. The van der Waals surface area contributed by atoms with E-state index in [4.69, 9.17) is 9.26 Å². The third-order valence-corrected chi connectivity index (χ3v) is 4.09. The molecule has 0 saturated heterocycles. The van der Waals surface area contributed by atoms with Crippen LogP contribution in [0.5, 0.6) is 0 Å². The average Bonchev–Trinajstić information content (AvgIpc) is 3.17. The number of carbonyl (C=O) groups is 2. The molecule has 0 saturated carbocycles. The molecule has 0 radical (unpaired) electrons. The number of aromatic nitrogens is 2. The number of rotatable bonds is 4. The van der Waals surface area contributed by atoms with Gasteiger partial charge in [-0.1, -0.05) is 28.6 Å². The molecule has 0 aliphatic carbocycles. The van der Waals surface area contributed by atoms with Crippen LogP contribution in [-0.4, -0.2) is 28.2 Å². The smallest absolute Gasteiger partial charge is 0.326 e. The molecular formula is C15H13N3O4S.